The molecule has 25 heavy (non-hydrogen) atoms. The van der Waals surface area contributed by atoms with Crippen LogP contribution in [0.25, 0.3) is 0 Å². The molecule has 1 aliphatic heterocycles. The number of nitrogens with one attached hydrogen (secondary N) is 1. The number of ether oxygens (including phenoxy) is 2. The zero-order valence-electron chi connectivity index (χ0n) is 14.5. The smallest absolute Gasteiger partial charge is 0.347 e. The average Bonchev–Trinajstić information content (AvgIpc) is 2.85. The van der Waals surface area contributed by atoms with Gasteiger partial charge in [0.2, 0.25) is 0 Å². The van der Waals surface area contributed by atoms with Crippen molar-refractivity contribution in [1.29, 1.82) is 0 Å². The molecule has 1 aliphatic rings. The van der Waals surface area contributed by atoms with E-state index in [4.69, 9.17) is 9.47 Å². The summed E-state index contributed by atoms with van der Waals surface area (Å²) in [6, 6.07) is 6.81. The van der Waals surface area contributed by atoms with Crippen LogP contribution in [0, 0.1) is 6.92 Å². The standard InChI is InChI=1S/C17H23NO6S/c1-11-5-4-6-15(9-11)23-13(3)17(20)24-12(2)16(19)18-14-7-8-25(21,22)10-14/h4-6,9,12-14H,7-8,10H2,1-3H3,(H,18,19)/t12-,13-,14+/m0/s1. The number of benzene rings is 1. The Morgan fingerprint density at radius 3 is 2.56 bits per heavy atom. The van der Waals surface area contributed by atoms with Gasteiger partial charge in [-0.3, -0.25) is 4.79 Å². The number of rotatable bonds is 6. The van der Waals surface area contributed by atoms with Crippen LogP contribution in [0.2, 0.25) is 0 Å². The van der Waals surface area contributed by atoms with Gasteiger partial charge in [-0.05, 0) is 44.9 Å². The lowest BCUT2D eigenvalue weighted by atomic mass is 10.2. The minimum Gasteiger partial charge on any atom is -0.479 e. The summed E-state index contributed by atoms with van der Waals surface area (Å²) in [6.07, 6.45) is -1.52. The molecule has 1 amide bonds. The maximum Gasteiger partial charge on any atom is 0.347 e. The van der Waals surface area contributed by atoms with E-state index in [1.54, 1.807) is 19.1 Å². The SMILES string of the molecule is Cc1cccc(O[C@@H](C)C(=O)O[C@@H](C)C(=O)N[C@@H]2CCS(=O)(=O)C2)c1. The Morgan fingerprint density at radius 2 is 1.96 bits per heavy atom. The molecule has 1 saturated heterocycles. The van der Waals surface area contributed by atoms with Gasteiger partial charge in [0.1, 0.15) is 5.75 Å². The van der Waals surface area contributed by atoms with Gasteiger partial charge in [0.15, 0.2) is 22.0 Å². The number of sulfone groups is 1. The van der Waals surface area contributed by atoms with Crippen LogP contribution in [0.15, 0.2) is 24.3 Å². The van der Waals surface area contributed by atoms with E-state index in [1.165, 1.54) is 6.92 Å². The van der Waals surface area contributed by atoms with E-state index in [-0.39, 0.29) is 11.5 Å². The first kappa shape index (κ1) is 19.2. The zero-order valence-corrected chi connectivity index (χ0v) is 15.3. The van der Waals surface area contributed by atoms with Crippen LogP contribution in [0.4, 0.5) is 0 Å². The Balaban J connectivity index is 1.83. The van der Waals surface area contributed by atoms with Crippen LogP contribution >= 0.6 is 0 Å². The van der Waals surface area contributed by atoms with Gasteiger partial charge in [-0.25, -0.2) is 13.2 Å². The molecule has 138 valence electrons. The first-order valence-electron chi connectivity index (χ1n) is 8.11. The fourth-order valence-corrected chi connectivity index (χ4v) is 4.17. The quantitative estimate of drug-likeness (QED) is 0.751. The van der Waals surface area contributed by atoms with Crippen LogP contribution in [0.1, 0.15) is 25.8 Å². The monoisotopic (exact) mass is 369 g/mol. The van der Waals surface area contributed by atoms with Crippen LogP contribution < -0.4 is 10.1 Å². The Hall–Kier alpha value is -2.09. The van der Waals surface area contributed by atoms with Gasteiger partial charge in [0, 0.05) is 6.04 Å². The summed E-state index contributed by atoms with van der Waals surface area (Å²) in [4.78, 5) is 24.1. The van der Waals surface area contributed by atoms with Crippen LogP contribution in [0.3, 0.4) is 0 Å². The number of aryl methyl sites for hydroxylation is 1. The lowest BCUT2D eigenvalue weighted by molar-refractivity contribution is -0.161. The molecule has 0 spiro atoms. The van der Waals surface area contributed by atoms with Crippen molar-refractivity contribution in [2.75, 3.05) is 11.5 Å². The second-order valence-electron chi connectivity index (χ2n) is 6.26. The fraction of sp³-hybridized carbons (Fsp3) is 0.529. The molecule has 8 heteroatoms. The van der Waals surface area contributed by atoms with E-state index in [9.17, 15) is 18.0 Å². The van der Waals surface area contributed by atoms with E-state index in [2.05, 4.69) is 5.32 Å². The molecule has 0 unspecified atom stereocenters. The molecule has 1 aromatic rings. The molecule has 0 bridgehead atoms. The van der Waals surface area contributed by atoms with Crippen molar-refractivity contribution < 1.29 is 27.5 Å². The summed E-state index contributed by atoms with van der Waals surface area (Å²) < 4.78 is 33.4. The highest BCUT2D eigenvalue weighted by Gasteiger charge is 2.31. The molecular formula is C17H23NO6S. The Labute approximate surface area is 147 Å². The molecule has 3 atom stereocenters. The third-order valence-electron chi connectivity index (χ3n) is 3.88. The summed E-state index contributed by atoms with van der Waals surface area (Å²) >= 11 is 0. The summed E-state index contributed by atoms with van der Waals surface area (Å²) in [5.74, 6) is -0.654. The van der Waals surface area contributed by atoms with Crippen molar-refractivity contribution in [3.05, 3.63) is 29.8 Å². The molecule has 0 aromatic heterocycles. The number of carbonyl (C=O) groups excluding carboxylic acids is 2. The Kier molecular flexibility index (Phi) is 6.05. The maximum absolute atomic E-state index is 12.1. The van der Waals surface area contributed by atoms with E-state index in [1.807, 2.05) is 19.1 Å². The summed E-state index contributed by atoms with van der Waals surface area (Å²) in [6.45, 7) is 4.89. The first-order chi connectivity index (χ1) is 11.7. The van der Waals surface area contributed by atoms with Gasteiger partial charge in [-0.15, -0.1) is 0 Å². The summed E-state index contributed by atoms with van der Waals surface area (Å²) in [7, 11) is -3.08. The van der Waals surface area contributed by atoms with Gasteiger partial charge in [-0.1, -0.05) is 12.1 Å². The largest absolute Gasteiger partial charge is 0.479 e. The molecule has 0 saturated carbocycles. The zero-order chi connectivity index (χ0) is 18.6. The highest BCUT2D eigenvalue weighted by molar-refractivity contribution is 7.91. The van der Waals surface area contributed by atoms with Crippen LogP contribution in [-0.4, -0.2) is 50.0 Å². The van der Waals surface area contributed by atoms with Crippen molar-refractivity contribution in [3.8, 4) is 5.75 Å². The second-order valence-corrected chi connectivity index (χ2v) is 8.49. The highest BCUT2D eigenvalue weighted by atomic mass is 32.2. The Morgan fingerprint density at radius 1 is 1.24 bits per heavy atom. The third kappa shape index (κ3) is 5.74. The fourth-order valence-electron chi connectivity index (χ4n) is 2.49. The molecule has 0 aliphatic carbocycles. The van der Waals surface area contributed by atoms with Gasteiger partial charge in [-0.2, -0.15) is 0 Å². The average molecular weight is 369 g/mol. The normalized spacial score (nSPS) is 21.2. The van der Waals surface area contributed by atoms with E-state index in [0.29, 0.717) is 12.2 Å². The van der Waals surface area contributed by atoms with Crippen LogP contribution in [-0.2, 0) is 24.2 Å². The predicted molar refractivity (Wildman–Crippen MR) is 92.0 cm³/mol. The molecule has 1 N–H and O–H groups in total. The van der Waals surface area contributed by atoms with Gasteiger partial charge < -0.3 is 14.8 Å². The van der Waals surface area contributed by atoms with Gasteiger partial charge in [0.25, 0.3) is 5.91 Å². The number of hydrogen-bond donors (Lipinski definition) is 1. The molecule has 1 heterocycles. The lowest BCUT2D eigenvalue weighted by Gasteiger charge is -2.19. The summed E-state index contributed by atoms with van der Waals surface area (Å²) in [5.41, 5.74) is 0.998. The van der Waals surface area contributed by atoms with Gasteiger partial charge >= 0.3 is 5.97 Å². The molecule has 7 nitrogen and oxygen atoms in total. The number of hydrogen-bond acceptors (Lipinski definition) is 6. The van der Waals surface area contributed by atoms with Crippen molar-refractivity contribution in [3.63, 3.8) is 0 Å². The van der Waals surface area contributed by atoms with Crippen LogP contribution in [0.5, 0.6) is 5.75 Å². The topological polar surface area (TPSA) is 98.8 Å². The molecular weight excluding hydrogens is 346 g/mol. The summed E-state index contributed by atoms with van der Waals surface area (Å²) in [5, 5.41) is 2.60. The number of amides is 1. The number of esters is 1. The van der Waals surface area contributed by atoms with Crippen molar-refractivity contribution >= 4 is 21.7 Å². The van der Waals surface area contributed by atoms with E-state index >= 15 is 0 Å². The van der Waals surface area contributed by atoms with E-state index in [0.717, 1.165) is 5.56 Å². The molecule has 2 rings (SSSR count). The highest BCUT2D eigenvalue weighted by Crippen LogP contribution is 2.15. The minimum atomic E-state index is -3.08. The van der Waals surface area contributed by atoms with E-state index < -0.39 is 40.0 Å². The molecule has 1 fully saturated rings. The third-order valence-corrected chi connectivity index (χ3v) is 5.64. The second kappa shape index (κ2) is 7.86. The van der Waals surface area contributed by atoms with Crippen molar-refractivity contribution in [2.45, 2.75) is 45.4 Å². The Bertz CT molecular complexity index is 745. The van der Waals surface area contributed by atoms with Crippen molar-refractivity contribution in [1.82, 2.24) is 5.32 Å². The number of carbonyl (C=O) groups is 2. The predicted octanol–water partition coefficient (Wildman–Crippen LogP) is 0.997. The minimum absolute atomic E-state index is 0.0630. The first-order valence-corrected chi connectivity index (χ1v) is 9.93. The van der Waals surface area contributed by atoms with Gasteiger partial charge in [0.05, 0.1) is 11.5 Å². The maximum atomic E-state index is 12.1. The van der Waals surface area contributed by atoms with Crippen molar-refractivity contribution in [2.24, 2.45) is 0 Å². The molecule has 1 aromatic carbocycles. The lowest BCUT2D eigenvalue weighted by Crippen LogP contribution is -2.43. The molecule has 0 radical (unpaired) electrons.